The highest BCUT2D eigenvalue weighted by Crippen LogP contribution is 2.25. The van der Waals surface area contributed by atoms with Crippen molar-refractivity contribution < 1.29 is 8.42 Å². The van der Waals surface area contributed by atoms with Crippen LogP contribution in [0.5, 0.6) is 0 Å². The lowest BCUT2D eigenvalue weighted by molar-refractivity contribution is 0.243. The maximum atomic E-state index is 12.5. The summed E-state index contributed by atoms with van der Waals surface area (Å²) in [7, 11) is -3.43. The van der Waals surface area contributed by atoms with E-state index in [4.69, 9.17) is 17.3 Å². The van der Waals surface area contributed by atoms with Gasteiger partial charge in [0.15, 0.2) is 0 Å². The molecule has 2 rings (SSSR count). The Morgan fingerprint density at radius 1 is 1.37 bits per heavy atom. The van der Waals surface area contributed by atoms with Crippen molar-refractivity contribution in [1.29, 1.82) is 0 Å². The SMILES string of the molecule is CC(N)C1CCCN(S(=O)(=O)c2ccc(Cl)cc2)C1. The van der Waals surface area contributed by atoms with Crippen LogP contribution >= 0.6 is 11.6 Å². The molecule has 1 aliphatic heterocycles. The highest BCUT2D eigenvalue weighted by molar-refractivity contribution is 7.89. The fourth-order valence-corrected chi connectivity index (χ4v) is 4.04. The van der Waals surface area contributed by atoms with Gasteiger partial charge in [-0.2, -0.15) is 4.31 Å². The lowest BCUT2D eigenvalue weighted by Gasteiger charge is -2.33. The minimum Gasteiger partial charge on any atom is -0.328 e. The van der Waals surface area contributed by atoms with Crippen LogP contribution in [0.2, 0.25) is 5.02 Å². The van der Waals surface area contributed by atoms with Gasteiger partial charge in [-0.1, -0.05) is 11.6 Å². The topological polar surface area (TPSA) is 63.4 Å². The van der Waals surface area contributed by atoms with Crippen LogP contribution in [0.3, 0.4) is 0 Å². The Labute approximate surface area is 119 Å². The maximum absolute atomic E-state index is 12.5. The van der Waals surface area contributed by atoms with Crippen molar-refractivity contribution in [2.24, 2.45) is 11.7 Å². The zero-order chi connectivity index (χ0) is 14.0. The number of rotatable bonds is 3. The van der Waals surface area contributed by atoms with Crippen molar-refractivity contribution >= 4 is 21.6 Å². The summed E-state index contributed by atoms with van der Waals surface area (Å²) in [5.74, 6) is 0.232. The number of halogens is 1. The second-order valence-electron chi connectivity index (χ2n) is 5.08. The first-order chi connectivity index (χ1) is 8.91. The molecule has 1 aromatic rings. The zero-order valence-corrected chi connectivity index (χ0v) is 12.5. The molecule has 0 aromatic heterocycles. The number of piperidine rings is 1. The molecular weight excluding hydrogens is 284 g/mol. The molecule has 6 heteroatoms. The average molecular weight is 303 g/mol. The van der Waals surface area contributed by atoms with E-state index in [1.807, 2.05) is 6.92 Å². The first-order valence-corrected chi connectivity index (χ1v) is 8.24. The van der Waals surface area contributed by atoms with Crippen LogP contribution in [0.15, 0.2) is 29.2 Å². The van der Waals surface area contributed by atoms with Gasteiger partial charge >= 0.3 is 0 Å². The molecule has 0 radical (unpaired) electrons. The monoisotopic (exact) mass is 302 g/mol. The number of benzene rings is 1. The molecule has 2 atom stereocenters. The lowest BCUT2D eigenvalue weighted by Crippen LogP contribution is -2.44. The fourth-order valence-electron chi connectivity index (χ4n) is 2.38. The van der Waals surface area contributed by atoms with Crippen molar-refractivity contribution in [2.45, 2.75) is 30.7 Å². The molecule has 0 aliphatic carbocycles. The van der Waals surface area contributed by atoms with E-state index >= 15 is 0 Å². The lowest BCUT2D eigenvalue weighted by atomic mass is 9.93. The van der Waals surface area contributed by atoms with Gasteiger partial charge in [-0.05, 0) is 49.9 Å². The first-order valence-electron chi connectivity index (χ1n) is 6.42. The summed E-state index contributed by atoms with van der Waals surface area (Å²) < 4.78 is 26.6. The van der Waals surface area contributed by atoms with Crippen molar-refractivity contribution in [3.8, 4) is 0 Å². The van der Waals surface area contributed by atoms with Gasteiger partial charge in [0.2, 0.25) is 10.0 Å². The van der Waals surface area contributed by atoms with E-state index in [-0.39, 0.29) is 12.0 Å². The molecule has 4 nitrogen and oxygen atoms in total. The highest BCUT2D eigenvalue weighted by atomic mass is 35.5. The smallest absolute Gasteiger partial charge is 0.243 e. The van der Waals surface area contributed by atoms with Gasteiger partial charge in [0.05, 0.1) is 4.90 Å². The Hall–Kier alpha value is -0.620. The molecule has 1 aromatic carbocycles. The van der Waals surface area contributed by atoms with Crippen LogP contribution in [0.1, 0.15) is 19.8 Å². The van der Waals surface area contributed by atoms with E-state index in [1.54, 1.807) is 24.3 Å². The average Bonchev–Trinajstić information content (AvgIpc) is 2.39. The van der Waals surface area contributed by atoms with Crippen LogP contribution in [0.4, 0.5) is 0 Å². The molecule has 0 spiro atoms. The third-order valence-corrected chi connectivity index (χ3v) is 5.75. The molecule has 106 valence electrons. The van der Waals surface area contributed by atoms with E-state index in [0.29, 0.717) is 23.0 Å². The molecule has 1 aliphatic rings. The van der Waals surface area contributed by atoms with Crippen molar-refractivity contribution in [2.75, 3.05) is 13.1 Å². The van der Waals surface area contributed by atoms with Gasteiger partial charge < -0.3 is 5.73 Å². The van der Waals surface area contributed by atoms with Crippen LogP contribution in [-0.2, 0) is 10.0 Å². The molecule has 0 saturated carbocycles. The highest BCUT2D eigenvalue weighted by Gasteiger charge is 2.31. The number of hydrogen-bond acceptors (Lipinski definition) is 3. The molecular formula is C13H19ClN2O2S. The van der Waals surface area contributed by atoms with Gasteiger partial charge in [0.1, 0.15) is 0 Å². The fraction of sp³-hybridized carbons (Fsp3) is 0.538. The van der Waals surface area contributed by atoms with E-state index in [0.717, 1.165) is 12.8 Å². The predicted octanol–water partition coefficient (Wildman–Crippen LogP) is 2.09. The third kappa shape index (κ3) is 3.28. The Morgan fingerprint density at radius 3 is 2.58 bits per heavy atom. The Morgan fingerprint density at radius 2 is 2.00 bits per heavy atom. The molecule has 1 fully saturated rings. The Balaban J connectivity index is 2.22. The summed E-state index contributed by atoms with van der Waals surface area (Å²) in [5, 5.41) is 0.533. The van der Waals surface area contributed by atoms with E-state index in [9.17, 15) is 8.42 Å². The largest absolute Gasteiger partial charge is 0.328 e. The summed E-state index contributed by atoms with van der Waals surface area (Å²) in [6.45, 7) is 3.00. The zero-order valence-electron chi connectivity index (χ0n) is 10.9. The van der Waals surface area contributed by atoms with Gasteiger partial charge in [-0.15, -0.1) is 0 Å². The quantitative estimate of drug-likeness (QED) is 0.930. The Bertz CT molecular complexity index is 528. The number of hydrogen-bond donors (Lipinski definition) is 1. The number of sulfonamides is 1. The second-order valence-corrected chi connectivity index (χ2v) is 7.45. The summed E-state index contributed by atoms with van der Waals surface area (Å²) in [6, 6.07) is 6.31. The van der Waals surface area contributed by atoms with Gasteiger partial charge in [-0.25, -0.2) is 8.42 Å². The summed E-state index contributed by atoms with van der Waals surface area (Å²) in [4.78, 5) is 0.294. The van der Waals surface area contributed by atoms with E-state index in [1.165, 1.54) is 4.31 Å². The number of nitrogens with two attached hydrogens (primary N) is 1. The molecule has 2 N–H and O–H groups in total. The molecule has 0 amide bonds. The molecule has 2 unspecified atom stereocenters. The van der Waals surface area contributed by atoms with Gasteiger partial charge in [0.25, 0.3) is 0 Å². The van der Waals surface area contributed by atoms with Crippen LogP contribution in [0.25, 0.3) is 0 Å². The van der Waals surface area contributed by atoms with Gasteiger partial charge in [-0.3, -0.25) is 0 Å². The molecule has 1 saturated heterocycles. The summed E-state index contributed by atoms with van der Waals surface area (Å²) >= 11 is 5.79. The maximum Gasteiger partial charge on any atom is 0.243 e. The Kier molecular flexibility index (Phi) is 4.50. The predicted molar refractivity (Wildman–Crippen MR) is 76.6 cm³/mol. The van der Waals surface area contributed by atoms with Crippen molar-refractivity contribution in [3.05, 3.63) is 29.3 Å². The third-order valence-electron chi connectivity index (χ3n) is 3.62. The second kappa shape index (κ2) is 5.79. The van der Waals surface area contributed by atoms with Crippen LogP contribution in [-0.4, -0.2) is 31.9 Å². The minimum atomic E-state index is -3.43. The van der Waals surface area contributed by atoms with Crippen LogP contribution in [0, 0.1) is 5.92 Å². The normalized spacial score (nSPS) is 23.2. The van der Waals surface area contributed by atoms with Crippen molar-refractivity contribution in [1.82, 2.24) is 4.31 Å². The molecule has 1 heterocycles. The number of nitrogens with zero attached hydrogens (tertiary/aromatic N) is 1. The summed E-state index contributed by atoms with van der Waals surface area (Å²) in [5.41, 5.74) is 5.89. The minimum absolute atomic E-state index is 0.0169. The van der Waals surface area contributed by atoms with Crippen LogP contribution < -0.4 is 5.73 Å². The standard InChI is InChI=1S/C13H19ClN2O2S/c1-10(15)11-3-2-8-16(9-11)19(17,18)13-6-4-12(14)5-7-13/h4-7,10-11H,2-3,8-9,15H2,1H3. The first kappa shape index (κ1) is 14.8. The van der Waals surface area contributed by atoms with Gasteiger partial charge in [0, 0.05) is 24.2 Å². The molecule has 19 heavy (non-hydrogen) atoms. The summed E-state index contributed by atoms with van der Waals surface area (Å²) in [6.07, 6.45) is 1.85. The molecule has 0 bridgehead atoms. The van der Waals surface area contributed by atoms with E-state index < -0.39 is 10.0 Å². The van der Waals surface area contributed by atoms with E-state index in [2.05, 4.69) is 0 Å². The van der Waals surface area contributed by atoms with Crippen molar-refractivity contribution in [3.63, 3.8) is 0 Å².